The second-order valence-corrected chi connectivity index (χ2v) is 8.01. The van der Waals surface area contributed by atoms with Gasteiger partial charge in [0.1, 0.15) is 6.10 Å². The number of carbonyl (C=O) groups excluding carboxylic acids is 1. The van der Waals surface area contributed by atoms with Crippen LogP contribution in [-0.2, 0) is 11.2 Å². The Morgan fingerprint density at radius 1 is 0.871 bits per heavy atom. The Balaban J connectivity index is 1.83. The molecule has 1 atom stereocenters. The molecule has 170 valence electrons. The molecule has 0 aliphatic rings. The zero-order valence-electron chi connectivity index (χ0n) is 19.4. The van der Waals surface area contributed by atoms with E-state index in [2.05, 4.69) is 48.1 Å². The number of unbranched alkanes of at least 4 members (excludes halogenated alkanes) is 6. The number of rotatable bonds is 15. The lowest BCUT2D eigenvalue weighted by atomic mass is 10.0. The van der Waals surface area contributed by atoms with Crippen molar-refractivity contribution in [1.29, 1.82) is 0 Å². The third-order valence-electron chi connectivity index (χ3n) is 5.37. The molecule has 5 nitrogen and oxygen atoms in total. The van der Waals surface area contributed by atoms with E-state index in [0.29, 0.717) is 18.8 Å². The highest BCUT2D eigenvalue weighted by Gasteiger charge is 2.18. The van der Waals surface area contributed by atoms with Gasteiger partial charge in [0, 0.05) is 0 Å². The molecule has 0 aliphatic heterocycles. The summed E-state index contributed by atoms with van der Waals surface area (Å²) in [5, 5.41) is 0. The van der Waals surface area contributed by atoms with Crippen molar-refractivity contribution in [2.24, 2.45) is 0 Å². The van der Waals surface area contributed by atoms with Crippen molar-refractivity contribution in [2.45, 2.75) is 91.1 Å². The topological polar surface area (TPSA) is 61.3 Å². The lowest BCUT2D eigenvalue weighted by molar-refractivity contribution is 0.0273. The van der Waals surface area contributed by atoms with E-state index in [9.17, 15) is 4.79 Å². The number of esters is 1. The molecule has 2 aromatic rings. The molecule has 1 unspecified atom stereocenters. The number of nitrogens with zero attached hydrogens (tertiary/aromatic N) is 2. The Morgan fingerprint density at radius 3 is 2.16 bits per heavy atom. The molecule has 0 amide bonds. The minimum Gasteiger partial charge on any atom is -0.490 e. The summed E-state index contributed by atoms with van der Waals surface area (Å²) in [6.45, 7) is 7.06. The zero-order valence-corrected chi connectivity index (χ0v) is 19.4. The van der Waals surface area contributed by atoms with Gasteiger partial charge in [-0.25, -0.2) is 14.8 Å². The Bertz CT molecular complexity index is 744. The molecule has 1 aromatic carbocycles. The normalized spacial score (nSPS) is 11.8. The number of aromatic nitrogens is 2. The zero-order chi connectivity index (χ0) is 22.3. The monoisotopic (exact) mass is 426 g/mol. The van der Waals surface area contributed by atoms with E-state index in [1.54, 1.807) is 12.4 Å². The van der Waals surface area contributed by atoms with Gasteiger partial charge in [-0.2, -0.15) is 0 Å². The minimum atomic E-state index is -0.509. The average Bonchev–Trinajstić information content (AvgIpc) is 2.81. The van der Waals surface area contributed by atoms with Gasteiger partial charge in [0.05, 0.1) is 19.0 Å². The molecule has 1 heterocycles. The first kappa shape index (κ1) is 24.8. The Kier molecular flexibility index (Phi) is 11.7. The van der Waals surface area contributed by atoms with Crippen molar-refractivity contribution in [2.75, 3.05) is 6.61 Å². The van der Waals surface area contributed by atoms with Crippen LogP contribution < -0.4 is 4.74 Å². The maximum atomic E-state index is 12.5. The first-order chi connectivity index (χ1) is 15.2. The molecule has 0 aliphatic carbocycles. The molecule has 0 saturated heterocycles. The standard InChI is InChI=1S/C26H38N2O3/c1-4-7-9-10-12-18-30-23-19-27-25(28-20-23)26(29)31-24(6-3)22-16-14-21(15-17-22)13-11-8-5-2/h14-17,19-20,24H,4-13,18H2,1-3H3. The second-order valence-electron chi connectivity index (χ2n) is 8.01. The lowest BCUT2D eigenvalue weighted by Crippen LogP contribution is -2.14. The third-order valence-corrected chi connectivity index (χ3v) is 5.37. The number of carbonyl (C=O) groups is 1. The molecule has 31 heavy (non-hydrogen) atoms. The van der Waals surface area contributed by atoms with Crippen molar-refractivity contribution in [1.82, 2.24) is 9.97 Å². The van der Waals surface area contributed by atoms with Gasteiger partial charge in [0.15, 0.2) is 5.75 Å². The fourth-order valence-corrected chi connectivity index (χ4v) is 3.44. The van der Waals surface area contributed by atoms with Crippen LogP contribution >= 0.6 is 0 Å². The molecular weight excluding hydrogens is 388 g/mol. The summed E-state index contributed by atoms with van der Waals surface area (Å²) in [6.07, 6.45) is 14.2. The predicted molar refractivity (Wildman–Crippen MR) is 124 cm³/mol. The van der Waals surface area contributed by atoms with Crippen LogP contribution in [0.1, 0.15) is 106 Å². The third kappa shape index (κ3) is 9.07. The summed E-state index contributed by atoms with van der Waals surface area (Å²) in [5.74, 6) is 0.132. The van der Waals surface area contributed by atoms with E-state index in [4.69, 9.17) is 9.47 Å². The van der Waals surface area contributed by atoms with Gasteiger partial charge in [0.25, 0.3) is 0 Å². The highest BCUT2D eigenvalue weighted by Crippen LogP contribution is 2.23. The highest BCUT2D eigenvalue weighted by molar-refractivity contribution is 5.85. The maximum Gasteiger partial charge on any atom is 0.376 e. The second kappa shape index (κ2) is 14.6. The summed E-state index contributed by atoms with van der Waals surface area (Å²) < 4.78 is 11.3. The van der Waals surface area contributed by atoms with E-state index in [1.165, 1.54) is 44.1 Å². The predicted octanol–water partition coefficient (Wildman–Crippen LogP) is 6.87. The van der Waals surface area contributed by atoms with Gasteiger partial charge in [-0.1, -0.05) is 83.6 Å². The van der Waals surface area contributed by atoms with Crippen molar-refractivity contribution in [3.63, 3.8) is 0 Å². The lowest BCUT2D eigenvalue weighted by Gasteiger charge is -2.16. The van der Waals surface area contributed by atoms with Crippen molar-refractivity contribution in [3.8, 4) is 5.75 Å². The summed E-state index contributed by atoms with van der Waals surface area (Å²) in [4.78, 5) is 20.8. The van der Waals surface area contributed by atoms with Crippen LogP contribution in [0.25, 0.3) is 0 Å². The average molecular weight is 427 g/mol. The Hall–Kier alpha value is -2.43. The van der Waals surface area contributed by atoms with Gasteiger partial charge in [-0.15, -0.1) is 0 Å². The molecular formula is C26H38N2O3. The molecule has 1 aromatic heterocycles. The molecule has 2 rings (SSSR count). The van der Waals surface area contributed by atoms with Crippen LogP contribution in [0.15, 0.2) is 36.7 Å². The van der Waals surface area contributed by atoms with E-state index in [0.717, 1.165) is 24.8 Å². The molecule has 0 spiro atoms. The molecule has 0 saturated carbocycles. The Labute approximate surface area is 187 Å². The van der Waals surface area contributed by atoms with Gasteiger partial charge in [-0.05, 0) is 36.8 Å². The van der Waals surface area contributed by atoms with E-state index < -0.39 is 5.97 Å². The summed E-state index contributed by atoms with van der Waals surface area (Å²) in [6, 6.07) is 8.38. The maximum absolute atomic E-state index is 12.5. The van der Waals surface area contributed by atoms with Crippen molar-refractivity contribution < 1.29 is 14.3 Å². The van der Waals surface area contributed by atoms with Crippen LogP contribution in [0.4, 0.5) is 0 Å². The fraction of sp³-hybridized carbons (Fsp3) is 0.577. The van der Waals surface area contributed by atoms with E-state index >= 15 is 0 Å². The molecule has 5 heteroatoms. The van der Waals surface area contributed by atoms with Crippen LogP contribution in [0.5, 0.6) is 5.75 Å². The largest absolute Gasteiger partial charge is 0.490 e. The minimum absolute atomic E-state index is 0.0601. The number of ether oxygens (including phenoxy) is 2. The first-order valence-corrected chi connectivity index (χ1v) is 11.9. The van der Waals surface area contributed by atoms with Crippen LogP contribution in [-0.4, -0.2) is 22.5 Å². The van der Waals surface area contributed by atoms with Gasteiger partial charge < -0.3 is 9.47 Å². The molecule has 0 bridgehead atoms. The first-order valence-electron chi connectivity index (χ1n) is 11.9. The summed E-state index contributed by atoms with van der Waals surface area (Å²) in [5.41, 5.74) is 2.32. The number of aryl methyl sites for hydroxylation is 1. The molecule has 0 radical (unpaired) electrons. The van der Waals surface area contributed by atoms with E-state index in [-0.39, 0.29) is 11.9 Å². The smallest absolute Gasteiger partial charge is 0.376 e. The summed E-state index contributed by atoms with van der Waals surface area (Å²) in [7, 11) is 0. The molecule has 0 N–H and O–H groups in total. The van der Waals surface area contributed by atoms with E-state index in [1.807, 2.05) is 6.92 Å². The SMILES string of the molecule is CCCCCCCOc1cnc(C(=O)OC(CC)c2ccc(CCCCC)cc2)nc1. The quantitative estimate of drug-likeness (QED) is 0.230. The molecule has 0 fully saturated rings. The van der Waals surface area contributed by atoms with Gasteiger partial charge >= 0.3 is 5.97 Å². The van der Waals surface area contributed by atoms with Gasteiger partial charge in [-0.3, -0.25) is 0 Å². The highest BCUT2D eigenvalue weighted by atomic mass is 16.5. The van der Waals surface area contributed by atoms with Gasteiger partial charge in [0.2, 0.25) is 5.82 Å². The van der Waals surface area contributed by atoms with Crippen LogP contribution in [0.2, 0.25) is 0 Å². The Morgan fingerprint density at radius 2 is 1.52 bits per heavy atom. The fourth-order valence-electron chi connectivity index (χ4n) is 3.44. The van der Waals surface area contributed by atoms with Crippen molar-refractivity contribution >= 4 is 5.97 Å². The summed E-state index contributed by atoms with van der Waals surface area (Å²) >= 11 is 0. The van der Waals surface area contributed by atoms with Crippen LogP contribution in [0, 0.1) is 0 Å². The number of hydrogen-bond donors (Lipinski definition) is 0. The number of benzene rings is 1. The van der Waals surface area contributed by atoms with Crippen LogP contribution in [0.3, 0.4) is 0 Å². The van der Waals surface area contributed by atoms with Crippen molar-refractivity contribution in [3.05, 3.63) is 53.6 Å². The number of hydrogen-bond acceptors (Lipinski definition) is 5.